The molecule has 0 bridgehead atoms. The van der Waals surface area contributed by atoms with Crippen LogP contribution in [0.2, 0.25) is 5.02 Å². The van der Waals surface area contributed by atoms with Crippen molar-refractivity contribution in [2.45, 2.75) is 38.9 Å². The van der Waals surface area contributed by atoms with Crippen molar-refractivity contribution < 1.29 is 14.3 Å². The van der Waals surface area contributed by atoms with Gasteiger partial charge in [-0.1, -0.05) is 76.1 Å². The molecular weight excluding hydrogens is 516 g/mol. The molecule has 0 aromatic heterocycles. The molecule has 0 saturated carbocycles. The summed E-state index contributed by atoms with van der Waals surface area (Å²) in [6, 6.07) is 23.5. The molecule has 178 valence electrons. The van der Waals surface area contributed by atoms with Crippen LogP contribution in [0.5, 0.6) is 5.75 Å². The van der Waals surface area contributed by atoms with Gasteiger partial charge in [0.15, 0.2) is 6.61 Å². The van der Waals surface area contributed by atoms with Gasteiger partial charge in [-0.05, 0) is 55.3 Å². The zero-order chi connectivity index (χ0) is 24.5. The topological polar surface area (TPSA) is 58.6 Å². The van der Waals surface area contributed by atoms with E-state index >= 15 is 0 Å². The van der Waals surface area contributed by atoms with E-state index in [1.54, 1.807) is 29.2 Å². The molecule has 0 aliphatic rings. The van der Waals surface area contributed by atoms with Gasteiger partial charge in [0.2, 0.25) is 5.91 Å². The van der Waals surface area contributed by atoms with E-state index < -0.39 is 6.04 Å². The third-order valence-corrected chi connectivity index (χ3v) is 5.83. The fraction of sp³-hybridized carbons (Fsp3) is 0.259. The zero-order valence-corrected chi connectivity index (χ0v) is 21.6. The number of hydrogen-bond donors (Lipinski definition) is 1. The summed E-state index contributed by atoms with van der Waals surface area (Å²) in [7, 11) is 0. The van der Waals surface area contributed by atoms with Crippen molar-refractivity contribution in [3.8, 4) is 5.75 Å². The second-order valence-electron chi connectivity index (χ2n) is 8.27. The van der Waals surface area contributed by atoms with E-state index in [-0.39, 0.29) is 31.0 Å². The molecule has 3 aromatic rings. The second kappa shape index (κ2) is 12.6. The molecule has 0 aliphatic carbocycles. The predicted octanol–water partition coefficient (Wildman–Crippen LogP) is 5.65. The largest absolute Gasteiger partial charge is 0.484 e. The van der Waals surface area contributed by atoms with Crippen LogP contribution in [0, 0.1) is 0 Å². The number of nitrogens with zero attached hydrogens (tertiary/aromatic N) is 1. The van der Waals surface area contributed by atoms with Gasteiger partial charge in [-0.2, -0.15) is 0 Å². The number of amides is 2. The van der Waals surface area contributed by atoms with Gasteiger partial charge >= 0.3 is 0 Å². The number of ether oxygens (including phenoxy) is 1. The highest BCUT2D eigenvalue weighted by Crippen LogP contribution is 2.20. The summed E-state index contributed by atoms with van der Waals surface area (Å²) in [5.74, 6) is -0.000703. The Hall–Kier alpha value is -2.83. The molecule has 3 rings (SSSR count). The van der Waals surface area contributed by atoms with E-state index in [0.717, 1.165) is 15.6 Å². The summed E-state index contributed by atoms with van der Waals surface area (Å²) >= 11 is 9.53. The quantitative estimate of drug-likeness (QED) is 0.360. The molecule has 34 heavy (non-hydrogen) atoms. The fourth-order valence-electron chi connectivity index (χ4n) is 3.55. The molecule has 1 N–H and O–H groups in total. The van der Waals surface area contributed by atoms with E-state index in [2.05, 4.69) is 21.2 Å². The number of halogens is 2. The Kier molecular flexibility index (Phi) is 9.54. The molecule has 0 aliphatic heterocycles. The van der Waals surface area contributed by atoms with Crippen LogP contribution in [0.1, 0.15) is 25.0 Å². The van der Waals surface area contributed by atoms with Gasteiger partial charge in [0.25, 0.3) is 5.91 Å². The van der Waals surface area contributed by atoms with Crippen molar-refractivity contribution in [3.63, 3.8) is 0 Å². The third-order valence-electron chi connectivity index (χ3n) is 5.10. The smallest absolute Gasteiger partial charge is 0.261 e. The lowest BCUT2D eigenvalue weighted by molar-refractivity contribution is -0.143. The first-order valence-electron chi connectivity index (χ1n) is 11.1. The highest BCUT2D eigenvalue weighted by molar-refractivity contribution is 9.10. The van der Waals surface area contributed by atoms with Crippen molar-refractivity contribution in [2.75, 3.05) is 6.61 Å². The van der Waals surface area contributed by atoms with Gasteiger partial charge in [0.1, 0.15) is 11.8 Å². The van der Waals surface area contributed by atoms with Crippen molar-refractivity contribution in [2.24, 2.45) is 0 Å². The van der Waals surface area contributed by atoms with Crippen molar-refractivity contribution in [1.29, 1.82) is 0 Å². The highest BCUT2D eigenvalue weighted by atomic mass is 79.9. The molecule has 0 spiro atoms. The molecule has 7 heteroatoms. The van der Waals surface area contributed by atoms with Crippen LogP contribution in [-0.2, 0) is 22.6 Å². The maximum Gasteiger partial charge on any atom is 0.261 e. The molecule has 0 unspecified atom stereocenters. The van der Waals surface area contributed by atoms with Crippen LogP contribution in [0.4, 0.5) is 0 Å². The van der Waals surface area contributed by atoms with Crippen LogP contribution in [0.15, 0.2) is 83.3 Å². The lowest BCUT2D eigenvalue weighted by Gasteiger charge is -2.32. The van der Waals surface area contributed by atoms with Crippen molar-refractivity contribution >= 4 is 39.3 Å². The third kappa shape index (κ3) is 7.89. The van der Waals surface area contributed by atoms with E-state index in [1.807, 2.05) is 68.4 Å². The van der Waals surface area contributed by atoms with Gasteiger partial charge in [0, 0.05) is 28.5 Å². The Balaban J connectivity index is 1.91. The van der Waals surface area contributed by atoms with E-state index in [1.165, 1.54) is 0 Å². The Labute approximate surface area is 214 Å². The monoisotopic (exact) mass is 542 g/mol. The maximum absolute atomic E-state index is 13.5. The molecule has 2 amide bonds. The van der Waals surface area contributed by atoms with Gasteiger partial charge in [-0.25, -0.2) is 0 Å². The SMILES string of the molecule is CC(C)NC(=O)[C@H](Cc1ccccc1)N(Cc1cccc(Br)c1)C(=O)COc1cccc(Cl)c1. The second-order valence-corrected chi connectivity index (χ2v) is 9.62. The normalized spacial score (nSPS) is 11.7. The molecule has 1 atom stereocenters. The Morgan fingerprint density at radius 3 is 2.35 bits per heavy atom. The van der Waals surface area contributed by atoms with Crippen molar-refractivity contribution in [3.05, 3.63) is 99.5 Å². The van der Waals surface area contributed by atoms with Gasteiger partial charge < -0.3 is 15.0 Å². The van der Waals surface area contributed by atoms with Crippen LogP contribution in [0.25, 0.3) is 0 Å². The summed E-state index contributed by atoms with van der Waals surface area (Å²) in [5.41, 5.74) is 1.87. The standard InChI is InChI=1S/C27H28BrClN2O3/c1-19(2)30-27(33)25(15-20-8-4-3-5-9-20)31(17-21-10-6-11-22(28)14-21)26(32)18-34-24-13-7-12-23(29)16-24/h3-14,16,19,25H,15,17-18H2,1-2H3,(H,30,33)/t25-/m0/s1. The van der Waals surface area contributed by atoms with Crippen LogP contribution >= 0.6 is 27.5 Å². The summed E-state index contributed by atoms with van der Waals surface area (Å²) in [6.07, 6.45) is 0.385. The number of hydrogen-bond acceptors (Lipinski definition) is 3. The minimum absolute atomic E-state index is 0.0590. The summed E-state index contributed by atoms with van der Waals surface area (Å²) in [5, 5.41) is 3.50. The zero-order valence-electron chi connectivity index (χ0n) is 19.2. The first-order chi connectivity index (χ1) is 16.3. The lowest BCUT2D eigenvalue weighted by Crippen LogP contribution is -2.52. The molecule has 0 fully saturated rings. The lowest BCUT2D eigenvalue weighted by atomic mass is 10.0. The average Bonchev–Trinajstić information content (AvgIpc) is 2.80. The number of carbonyl (C=O) groups is 2. The van der Waals surface area contributed by atoms with E-state index in [4.69, 9.17) is 16.3 Å². The summed E-state index contributed by atoms with van der Waals surface area (Å²) in [6.45, 7) is 3.86. The van der Waals surface area contributed by atoms with Gasteiger partial charge in [0.05, 0.1) is 0 Å². The van der Waals surface area contributed by atoms with Crippen LogP contribution in [0.3, 0.4) is 0 Å². The maximum atomic E-state index is 13.5. The van der Waals surface area contributed by atoms with Crippen molar-refractivity contribution in [1.82, 2.24) is 10.2 Å². The van der Waals surface area contributed by atoms with Gasteiger partial charge in [-0.3, -0.25) is 9.59 Å². The molecular formula is C27H28BrClN2O3. The van der Waals surface area contributed by atoms with E-state index in [9.17, 15) is 9.59 Å². The molecule has 3 aromatic carbocycles. The number of rotatable bonds is 10. The first kappa shape index (κ1) is 25.8. The Morgan fingerprint density at radius 2 is 1.68 bits per heavy atom. The number of carbonyl (C=O) groups excluding carboxylic acids is 2. The Bertz CT molecular complexity index is 1110. The first-order valence-corrected chi connectivity index (χ1v) is 12.3. The number of benzene rings is 3. The van der Waals surface area contributed by atoms with Crippen LogP contribution in [-0.4, -0.2) is 35.4 Å². The molecule has 0 saturated heterocycles. The minimum Gasteiger partial charge on any atom is -0.484 e. The summed E-state index contributed by atoms with van der Waals surface area (Å²) in [4.78, 5) is 28.4. The molecule has 0 heterocycles. The summed E-state index contributed by atoms with van der Waals surface area (Å²) < 4.78 is 6.64. The predicted molar refractivity (Wildman–Crippen MR) is 139 cm³/mol. The fourth-order valence-corrected chi connectivity index (χ4v) is 4.18. The Morgan fingerprint density at radius 1 is 0.971 bits per heavy atom. The molecule has 5 nitrogen and oxygen atoms in total. The average molecular weight is 544 g/mol. The van der Waals surface area contributed by atoms with Crippen LogP contribution < -0.4 is 10.1 Å². The van der Waals surface area contributed by atoms with E-state index in [0.29, 0.717) is 17.2 Å². The minimum atomic E-state index is -0.709. The number of nitrogens with one attached hydrogen (secondary N) is 1. The van der Waals surface area contributed by atoms with Gasteiger partial charge in [-0.15, -0.1) is 0 Å². The molecule has 0 radical (unpaired) electrons. The highest BCUT2D eigenvalue weighted by Gasteiger charge is 2.31.